The largest absolute Gasteiger partial charge is 0.504 e. The first kappa shape index (κ1) is 22.6. The maximum Gasteiger partial charge on any atom is 0.416 e. The second-order valence-corrected chi connectivity index (χ2v) is 5.90. The lowest BCUT2D eigenvalue weighted by atomic mass is 10.0. The van der Waals surface area contributed by atoms with Crippen molar-refractivity contribution in [1.29, 1.82) is 0 Å². The Balaban J connectivity index is 2.12. The van der Waals surface area contributed by atoms with Crippen LogP contribution in [0.3, 0.4) is 0 Å². The molecule has 0 radical (unpaired) electrons. The number of nitrogens with zero attached hydrogens (tertiary/aromatic N) is 1. The molecular weight excluding hydrogens is 403 g/mol. The van der Waals surface area contributed by atoms with Gasteiger partial charge in [0.15, 0.2) is 0 Å². The summed E-state index contributed by atoms with van der Waals surface area (Å²) in [4.78, 5) is 28.6. The Morgan fingerprint density at radius 3 is 2.57 bits per heavy atom. The average molecular weight is 421 g/mol. The lowest BCUT2D eigenvalue weighted by Gasteiger charge is -2.09. The van der Waals surface area contributed by atoms with Crippen LogP contribution in [-0.4, -0.2) is 25.2 Å². The number of ether oxygens (including phenoxy) is 1. The zero-order chi connectivity index (χ0) is 22.1. The van der Waals surface area contributed by atoms with E-state index in [4.69, 9.17) is 15.4 Å². The number of nitrogens with two attached hydrogens (primary N) is 1. The van der Waals surface area contributed by atoms with Crippen LogP contribution in [0, 0.1) is 0 Å². The second-order valence-electron chi connectivity index (χ2n) is 5.90. The third-order valence-electron chi connectivity index (χ3n) is 3.81. The molecule has 0 aromatic heterocycles. The van der Waals surface area contributed by atoms with Crippen molar-refractivity contribution in [3.63, 3.8) is 0 Å². The van der Waals surface area contributed by atoms with Crippen molar-refractivity contribution in [2.24, 2.45) is 11.0 Å². The van der Waals surface area contributed by atoms with E-state index in [2.05, 4.69) is 5.16 Å². The molecule has 0 aliphatic carbocycles. The number of hydrogen-bond acceptors (Lipinski definition) is 6. The van der Waals surface area contributed by atoms with E-state index in [0.717, 1.165) is 12.1 Å². The van der Waals surface area contributed by atoms with E-state index in [1.54, 1.807) is 24.3 Å². The summed E-state index contributed by atoms with van der Waals surface area (Å²) in [6, 6.07) is 10.9. The molecule has 0 atom stereocenters. The second kappa shape index (κ2) is 10.2. The number of carbonyl (C=O) groups excluding carboxylic acids is 2. The molecule has 0 aliphatic rings. The minimum absolute atomic E-state index is 0.109. The number of halogens is 3. The van der Waals surface area contributed by atoms with Crippen molar-refractivity contribution in [2.45, 2.75) is 12.6 Å². The van der Waals surface area contributed by atoms with Crippen LogP contribution in [0.15, 0.2) is 59.9 Å². The van der Waals surface area contributed by atoms with Gasteiger partial charge in [-0.25, -0.2) is 10.6 Å². The predicted octanol–water partition coefficient (Wildman–Crippen LogP) is 2.80. The smallest absolute Gasteiger partial charge is 0.416 e. The van der Waals surface area contributed by atoms with Crippen molar-refractivity contribution in [2.75, 3.05) is 7.11 Å². The van der Waals surface area contributed by atoms with Crippen LogP contribution in [0.25, 0.3) is 5.57 Å². The van der Waals surface area contributed by atoms with E-state index < -0.39 is 30.0 Å². The van der Waals surface area contributed by atoms with Crippen molar-refractivity contribution >= 4 is 23.7 Å². The normalized spacial score (nSPS) is 12.0. The van der Waals surface area contributed by atoms with Gasteiger partial charge < -0.3 is 9.57 Å². The number of hydrazine groups is 1. The Hall–Kier alpha value is -3.66. The topological polar surface area (TPSA) is 103 Å². The van der Waals surface area contributed by atoms with Crippen molar-refractivity contribution < 1.29 is 32.3 Å². The SMILES string of the molecule is CO/C=C(/C(=O)NN)c1ccccc1/C=N/OC(=O)Cc1cccc(C(F)(F)F)c1. The molecular formula is C20H18F3N3O4. The van der Waals surface area contributed by atoms with Gasteiger partial charge in [-0.1, -0.05) is 47.6 Å². The predicted molar refractivity (Wildman–Crippen MR) is 103 cm³/mol. The number of methoxy groups -OCH3 is 1. The highest BCUT2D eigenvalue weighted by atomic mass is 19.4. The fourth-order valence-electron chi connectivity index (χ4n) is 2.49. The first-order valence-electron chi connectivity index (χ1n) is 8.49. The van der Waals surface area contributed by atoms with Gasteiger partial charge in [0.25, 0.3) is 5.91 Å². The zero-order valence-corrected chi connectivity index (χ0v) is 15.8. The first-order chi connectivity index (χ1) is 14.3. The lowest BCUT2D eigenvalue weighted by molar-refractivity contribution is -0.143. The summed E-state index contributed by atoms with van der Waals surface area (Å²) in [7, 11) is 1.36. The molecule has 2 rings (SSSR count). The van der Waals surface area contributed by atoms with Gasteiger partial charge in [-0.2, -0.15) is 13.2 Å². The van der Waals surface area contributed by atoms with E-state index >= 15 is 0 Å². The molecule has 1 amide bonds. The Morgan fingerprint density at radius 1 is 1.17 bits per heavy atom. The van der Waals surface area contributed by atoms with E-state index in [1.165, 1.54) is 31.7 Å². The van der Waals surface area contributed by atoms with Crippen LogP contribution in [0.5, 0.6) is 0 Å². The molecule has 0 fully saturated rings. The molecule has 10 heteroatoms. The van der Waals surface area contributed by atoms with Crippen LogP contribution in [-0.2, 0) is 31.8 Å². The fraction of sp³-hybridized carbons (Fsp3) is 0.150. The number of rotatable bonds is 7. The van der Waals surface area contributed by atoms with Crippen molar-refractivity contribution in [1.82, 2.24) is 5.43 Å². The van der Waals surface area contributed by atoms with Gasteiger partial charge >= 0.3 is 12.1 Å². The highest BCUT2D eigenvalue weighted by Crippen LogP contribution is 2.29. The molecule has 2 aromatic rings. The number of oxime groups is 1. The molecule has 0 heterocycles. The van der Waals surface area contributed by atoms with Gasteiger partial charge in [0.05, 0.1) is 37.1 Å². The van der Waals surface area contributed by atoms with Crippen LogP contribution in [0.2, 0.25) is 0 Å². The Morgan fingerprint density at radius 2 is 1.90 bits per heavy atom. The molecule has 0 saturated heterocycles. The summed E-state index contributed by atoms with van der Waals surface area (Å²) in [6.07, 6.45) is -2.53. The summed E-state index contributed by atoms with van der Waals surface area (Å²) in [5.41, 5.74) is 2.19. The van der Waals surface area contributed by atoms with Gasteiger partial charge in [-0.05, 0) is 17.2 Å². The molecule has 0 aliphatic heterocycles. The molecule has 0 spiro atoms. The molecule has 30 heavy (non-hydrogen) atoms. The number of amides is 1. The van der Waals surface area contributed by atoms with Gasteiger partial charge in [-0.15, -0.1) is 0 Å². The number of nitrogens with one attached hydrogen (secondary N) is 1. The third kappa shape index (κ3) is 6.17. The Kier molecular flexibility index (Phi) is 7.70. The van der Waals surface area contributed by atoms with E-state index in [1.807, 2.05) is 5.43 Å². The van der Waals surface area contributed by atoms with E-state index in [9.17, 15) is 22.8 Å². The summed E-state index contributed by atoms with van der Waals surface area (Å²) in [5, 5.41) is 3.57. The number of alkyl halides is 3. The van der Waals surface area contributed by atoms with Crippen molar-refractivity contribution in [3.05, 3.63) is 77.0 Å². The standard InChI is InChI=1S/C20H18F3N3O4/c1-29-12-17(19(28)26-24)16-8-3-2-6-14(16)11-25-30-18(27)10-13-5-4-7-15(9-13)20(21,22)23/h2-9,11-12H,10,24H2,1H3,(H,26,28)/b17-12+,25-11+. The lowest BCUT2D eigenvalue weighted by Crippen LogP contribution is -2.31. The van der Waals surface area contributed by atoms with Gasteiger partial charge in [-0.3, -0.25) is 10.2 Å². The molecule has 0 saturated carbocycles. The molecule has 7 nitrogen and oxygen atoms in total. The summed E-state index contributed by atoms with van der Waals surface area (Å²) in [6.45, 7) is 0. The summed E-state index contributed by atoms with van der Waals surface area (Å²) in [5.74, 6) is 3.71. The molecule has 0 bridgehead atoms. The van der Waals surface area contributed by atoms with Crippen LogP contribution in [0.4, 0.5) is 13.2 Å². The molecule has 2 aromatic carbocycles. The van der Waals surface area contributed by atoms with Gasteiger partial charge in [0.1, 0.15) is 0 Å². The van der Waals surface area contributed by atoms with Crippen LogP contribution < -0.4 is 11.3 Å². The highest BCUT2D eigenvalue weighted by Gasteiger charge is 2.30. The quantitative estimate of drug-likeness (QED) is 0.136. The van der Waals surface area contributed by atoms with Gasteiger partial charge in [0.2, 0.25) is 0 Å². The first-order valence-corrected chi connectivity index (χ1v) is 8.49. The minimum Gasteiger partial charge on any atom is -0.504 e. The molecule has 3 N–H and O–H groups in total. The molecule has 158 valence electrons. The number of benzene rings is 2. The monoisotopic (exact) mass is 421 g/mol. The van der Waals surface area contributed by atoms with Crippen LogP contribution in [0.1, 0.15) is 22.3 Å². The summed E-state index contributed by atoms with van der Waals surface area (Å²) < 4.78 is 43.1. The van der Waals surface area contributed by atoms with Crippen molar-refractivity contribution in [3.8, 4) is 0 Å². The maximum atomic E-state index is 12.7. The van der Waals surface area contributed by atoms with Crippen LogP contribution >= 0.6 is 0 Å². The zero-order valence-electron chi connectivity index (χ0n) is 15.8. The Bertz CT molecular complexity index is 972. The Labute approximate surface area is 169 Å². The maximum absolute atomic E-state index is 12.7. The minimum atomic E-state index is -4.51. The third-order valence-corrected chi connectivity index (χ3v) is 3.81. The van der Waals surface area contributed by atoms with E-state index in [-0.39, 0.29) is 11.1 Å². The average Bonchev–Trinajstić information content (AvgIpc) is 2.71. The van der Waals surface area contributed by atoms with E-state index in [0.29, 0.717) is 11.1 Å². The fourth-order valence-corrected chi connectivity index (χ4v) is 2.49. The molecule has 0 unspecified atom stereocenters. The highest BCUT2D eigenvalue weighted by molar-refractivity contribution is 6.20. The summed E-state index contributed by atoms with van der Waals surface area (Å²) >= 11 is 0. The van der Waals surface area contributed by atoms with Gasteiger partial charge in [0, 0.05) is 5.56 Å². The number of hydrogen-bond donors (Lipinski definition) is 2. The number of carbonyl (C=O) groups is 2.